The Hall–Kier alpha value is -2.73. The quantitative estimate of drug-likeness (QED) is 0.477. The predicted molar refractivity (Wildman–Crippen MR) is 109 cm³/mol. The van der Waals surface area contributed by atoms with Crippen molar-refractivity contribution >= 4 is 16.9 Å². The van der Waals surface area contributed by atoms with Gasteiger partial charge in [0.2, 0.25) is 0 Å². The lowest BCUT2D eigenvalue weighted by molar-refractivity contribution is 0.117. The first-order chi connectivity index (χ1) is 13.8. The smallest absolute Gasteiger partial charge is 0.191 e. The van der Waals surface area contributed by atoms with Gasteiger partial charge < -0.3 is 24.2 Å². The largest absolute Gasteiger partial charge is 0.469 e. The fourth-order valence-electron chi connectivity index (χ4n) is 3.38. The summed E-state index contributed by atoms with van der Waals surface area (Å²) in [5.41, 5.74) is 0.898. The van der Waals surface area contributed by atoms with Gasteiger partial charge in [0.15, 0.2) is 5.96 Å². The van der Waals surface area contributed by atoms with Gasteiger partial charge >= 0.3 is 0 Å². The van der Waals surface area contributed by atoms with E-state index in [0.29, 0.717) is 6.54 Å². The summed E-state index contributed by atoms with van der Waals surface area (Å²) in [7, 11) is 0. The van der Waals surface area contributed by atoms with Gasteiger partial charge in [0, 0.05) is 25.0 Å². The number of aliphatic imine (C=N–C) groups is 1. The molecule has 0 amide bonds. The maximum atomic E-state index is 5.99. The van der Waals surface area contributed by atoms with E-state index >= 15 is 0 Å². The lowest BCUT2D eigenvalue weighted by Crippen LogP contribution is -2.40. The predicted octanol–water partition coefficient (Wildman–Crippen LogP) is 4.04. The highest BCUT2D eigenvalue weighted by molar-refractivity contribution is 5.81. The number of para-hydroxylation sites is 1. The average molecular weight is 381 g/mol. The second-order valence-corrected chi connectivity index (χ2v) is 7.13. The van der Waals surface area contributed by atoms with Crippen LogP contribution in [-0.4, -0.2) is 31.8 Å². The van der Waals surface area contributed by atoms with Gasteiger partial charge in [0.05, 0.1) is 25.0 Å². The van der Waals surface area contributed by atoms with Crippen LogP contribution in [0.15, 0.2) is 62.6 Å². The van der Waals surface area contributed by atoms with Crippen LogP contribution in [0.25, 0.3) is 11.0 Å². The van der Waals surface area contributed by atoms with Gasteiger partial charge in [0.25, 0.3) is 0 Å². The van der Waals surface area contributed by atoms with Crippen molar-refractivity contribution in [1.82, 2.24) is 10.6 Å². The van der Waals surface area contributed by atoms with Crippen molar-refractivity contribution in [1.29, 1.82) is 0 Å². The molecule has 1 aliphatic rings. The highest BCUT2D eigenvalue weighted by Crippen LogP contribution is 2.23. The van der Waals surface area contributed by atoms with Crippen molar-refractivity contribution in [3.63, 3.8) is 0 Å². The van der Waals surface area contributed by atoms with Crippen molar-refractivity contribution in [2.45, 2.75) is 38.3 Å². The van der Waals surface area contributed by atoms with Crippen LogP contribution in [0.2, 0.25) is 0 Å². The van der Waals surface area contributed by atoms with E-state index in [1.165, 1.54) is 0 Å². The number of guanidine groups is 1. The number of furan rings is 2. The molecule has 0 bridgehead atoms. The molecule has 2 aromatic heterocycles. The van der Waals surface area contributed by atoms with Crippen LogP contribution in [0, 0.1) is 0 Å². The molecule has 148 valence electrons. The number of rotatable bonds is 7. The molecule has 1 saturated heterocycles. The third kappa shape index (κ3) is 4.75. The fraction of sp³-hybridized carbons (Fsp3) is 0.409. The molecule has 0 radical (unpaired) electrons. The minimum absolute atomic E-state index is 0.00763. The minimum Gasteiger partial charge on any atom is -0.469 e. The lowest BCUT2D eigenvalue weighted by Gasteiger charge is -2.17. The van der Waals surface area contributed by atoms with Crippen LogP contribution in [0.1, 0.15) is 37.3 Å². The zero-order valence-electron chi connectivity index (χ0n) is 16.2. The molecule has 6 heteroatoms. The normalized spacial score (nSPS) is 18.5. The second kappa shape index (κ2) is 8.97. The Bertz CT molecular complexity index is 862. The fourth-order valence-corrected chi connectivity index (χ4v) is 3.38. The number of nitrogens with one attached hydrogen (secondary N) is 2. The van der Waals surface area contributed by atoms with Crippen LogP contribution in [0.5, 0.6) is 0 Å². The monoisotopic (exact) mass is 381 g/mol. The molecule has 1 aromatic carbocycles. The lowest BCUT2D eigenvalue weighted by atomic mass is 10.2. The first kappa shape index (κ1) is 18.6. The van der Waals surface area contributed by atoms with Crippen molar-refractivity contribution in [3.05, 3.63) is 60.2 Å². The summed E-state index contributed by atoms with van der Waals surface area (Å²) in [5, 5.41) is 7.96. The van der Waals surface area contributed by atoms with Gasteiger partial charge in [0.1, 0.15) is 17.1 Å². The van der Waals surface area contributed by atoms with Crippen LogP contribution in [-0.2, 0) is 11.2 Å². The van der Waals surface area contributed by atoms with E-state index in [-0.39, 0.29) is 12.1 Å². The first-order valence-electron chi connectivity index (χ1n) is 9.95. The van der Waals surface area contributed by atoms with Gasteiger partial charge in [-0.3, -0.25) is 4.99 Å². The molecule has 1 fully saturated rings. The summed E-state index contributed by atoms with van der Waals surface area (Å²) in [5.74, 6) is 2.60. The van der Waals surface area contributed by atoms with Crippen molar-refractivity contribution in [2.24, 2.45) is 4.99 Å². The Morgan fingerprint density at radius 2 is 2.18 bits per heavy atom. The Labute approximate surface area is 165 Å². The number of nitrogens with zero attached hydrogens (tertiary/aromatic N) is 1. The molecule has 28 heavy (non-hydrogen) atoms. The Morgan fingerprint density at radius 1 is 1.25 bits per heavy atom. The summed E-state index contributed by atoms with van der Waals surface area (Å²) in [6.07, 6.45) is 4.90. The highest BCUT2D eigenvalue weighted by atomic mass is 16.5. The van der Waals surface area contributed by atoms with E-state index in [4.69, 9.17) is 18.6 Å². The van der Waals surface area contributed by atoms with E-state index in [2.05, 4.69) is 29.7 Å². The molecular weight excluding hydrogens is 354 g/mol. The van der Waals surface area contributed by atoms with Crippen molar-refractivity contribution in [2.75, 3.05) is 19.7 Å². The van der Waals surface area contributed by atoms with E-state index < -0.39 is 0 Å². The first-order valence-corrected chi connectivity index (χ1v) is 9.95. The van der Waals surface area contributed by atoms with Crippen molar-refractivity contribution < 1.29 is 13.6 Å². The number of hydrogen-bond acceptors (Lipinski definition) is 4. The van der Waals surface area contributed by atoms with Crippen molar-refractivity contribution in [3.8, 4) is 0 Å². The van der Waals surface area contributed by atoms with Crippen LogP contribution in [0.3, 0.4) is 0 Å². The maximum Gasteiger partial charge on any atom is 0.191 e. The van der Waals surface area contributed by atoms with Crippen LogP contribution >= 0.6 is 0 Å². The number of hydrogen-bond donors (Lipinski definition) is 2. The summed E-state index contributed by atoms with van der Waals surface area (Å²) in [4.78, 5) is 4.74. The third-order valence-corrected chi connectivity index (χ3v) is 4.95. The molecule has 1 aliphatic heterocycles. The zero-order chi connectivity index (χ0) is 19.2. The molecule has 2 N–H and O–H groups in total. The van der Waals surface area contributed by atoms with Gasteiger partial charge in [-0.2, -0.15) is 0 Å². The Balaban J connectivity index is 1.41. The summed E-state index contributed by atoms with van der Waals surface area (Å²) < 4.78 is 17.1. The molecule has 3 aromatic rings. The van der Waals surface area contributed by atoms with Crippen LogP contribution < -0.4 is 10.6 Å². The molecule has 2 unspecified atom stereocenters. The number of benzene rings is 1. The van der Waals surface area contributed by atoms with Crippen LogP contribution in [0.4, 0.5) is 0 Å². The molecule has 6 nitrogen and oxygen atoms in total. The standard InChI is InChI=1S/C22H27N3O3/c1-16(21-14-17-6-2-3-9-20(17)28-21)25-22(24-15-19-8-5-13-27-19)23-11-10-18-7-4-12-26-18/h2-4,6-7,9,12,14,16,19H,5,8,10-11,13,15H2,1H3,(H2,23,24,25). The maximum absolute atomic E-state index is 5.99. The molecule has 3 heterocycles. The molecule has 4 rings (SSSR count). The van der Waals surface area contributed by atoms with E-state index in [1.54, 1.807) is 6.26 Å². The topological polar surface area (TPSA) is 71.9 Å². The van der Waals surface area contributed by atoms with E-state index in [9.17, 15) is 0 Å². The Morgan fingerprint density at radius 3 is 2.96 bits per heavy atom. The third-order valence-electron chi connectivity index (χ3n) is 4.95. The SMILES string of the molecule is CC(NC(=NCC1CCCO1)NCCc1ccco1)c1cc2ccccc2o1. The van der Waals surface area contributed by atoms with E-state index in [0.717, 1.165) is 60.9 Å². The average Bonchev–Trinajstić information content (AvgIpc) is 3.47. The molecule has 0 saturated carbocycles. The van der Waals surface area contributed by atoms with Gasteiger partial charge in [-0.25, -0.2) is 0 Å². The molecule has 0 spiro atoms. The highest BCUT2D eigenvalue weighted by Gasteiger charge is 2.17. The molecule has 2 atom stereocenters. The zero-order valence-corrected chi connectivity index (χ0v) is 16.2. The molecule has 0 aliphatic carbocycles. The Kier molecular flexibility index (Phi) is 5.97. The number of fused-ring (bicyclic) bond motifs is 1. The molecular formula is C22H27N3O3. The second-order valence-electron chi connectivity index (χ2n) is 7.13. The van der Waals surface area contributed by atoms with Gasteiger partial charge in [-0.05, 0) is 44.0 Å². The summed E-state index contributed by atoms with van der Waals surface area (Å²) >= 11 is 0. The van der Waals surface area contributed by atoms with Gasteiger partial charge in [-0.15, -0.1) is 0 Å². The van der Waals surface area contributed by atoms with E-state index in [1.807, 2.05) is 30.3 Å². The number of ether oxygens (including phenoxy) is 1. The summed E-state index contributed by atoms with van der Waals surface area (Å²) in [6.45, 7) is 4.30. The minimum atomic E-state index is -0.00763. The van der Waals surface area contributed by atoms with Gasteiger partial charge in [-0.1, -0.05) is 18.2 Å². The summed E-state index contributed by atoms with van der Waals surface area (Å²) in [6, 6.07) is 14.0.